The van der Waals surface area contributed by atoms with E-state index in [1.165, 1.54) is 12.1 Å². The Kier molecular flexibility index (Phi) is 6.61. The predicted octanol–water partition coefficient (Wildman–Crippen LogP) is 3.38. The van der Waals surface area contributed by atoms with Gasteiger partial charge < -0.3 is 15.0 Å². The number of nitrogens with zero attached hydrogens (tertiary/aromatic N) is 4. The Morgan fingerprint density at radius 1 is 1.00 bits per heavy atom. The van der Waals surface area contributed by atoms with E-state index in [-0.39, 0.29) is 10.6 Å². The van der Waals surface area contributed by atoms with Crippen molar-refractivity contribution in [3.8, 4) is 0 Å². The van der Waals surface area contributed by atoms with E-state index in [2.05, 4.69) is 24.9 Å². The molecule has 0 aliphatic carbocycles. The number of hydrogen-bond donors (Lipinski definition) is 2. The molecule has 1 fully saturated rings. The van der Waals surface area contributed by atoms with Crippen molar-refractivity contribution in [2.24, 2.45) is 0 Å². The highest BCUT2D eigenvalue weighted by molar-refractivity contribution is 7.92. The normalized spacial score (nSPS) is 14.0. The summed E-state index contributed by atoms with van der Waals surface area (Å²) in [6, 6.07) is 12.3. The van der Waals surface area contributed by atoms with Crippen LogP contribution in [-0.2, 0) is 14.8 Å². The van der Waals surface area contributed by atoms with Crippen LogP contribution in [-0.4, -0.2) is 49.6 Å². The van der Waals surface area contributed by atoms with Gasteiger partial charge in [0.1, 0.15) is 5.82 Å². The second kappa shape index (κ2) is 9.61. The lowest BCUT2D eigenvalue weighted by Crippen LogP contribution is -2.36. The summed E-state index contributed by atoms with van der Waals surface area (Å²) in [5.74, 6) is 1.25. The van der Waals surface area contributed by atoms with Gasteiger partial charge in [0.25, 0.3) is 15.7 Å². The summed E-state index contributed by atoms with van der Waals surface area (Å²) in [7, 11) is -4.00. The summed E-state index contributed by atoms with van der Waals surface area (Å²) >= 11 is 0. The van der Waals surface area contributed by atoms with E-state index in [4.69, 9.17) is 4.74 Å². The topological polar surface area (TPSA) is 140 Å². The maximum atomic E-state index is 12.7. The average Bonchev–Trinajstić information content (AvgIpc) is 2.80. The second-order valence-electron chi connectivity index (χ2n) is 7.80. The van der Waals surface area contributed by atoms with Crippen molar-refractivity contribution < 1.29 is 18.1 Å². The predicted molar refractivity (Wildman–Crippen MR) is 128 cm³/mol. The van der Waals surface area contributed by atoms with E-state index in [1.807, 2.05) is 13.0 Å². The standard InChI is InChI=1S/C22H24N6O5S/c1-15-3-8-19(14-20(15)28(29)30)34(31,32)26-18-6-4-17(5-7-18)24-22-23-16(2)13-21(25-22)27-9-11-33-12-10-27/h3-8,13-14,26H,9-12H2,1-2H3,(H,23,24,25). The highest BCUT2D eigenvalue weighted by Crippen LogP contribution is 2.25. The first kappa shape index (κ1) is 23.4. The van der Waals surface area contributed by atoms with Crippen LogP contribution in [0.2, 0.25) is 0 Å². The van der Waals surface area contributed by atoms with Crippen molar-refractivity contribution in [3.63, 3.8) is 0 Å². The fourth-order valence-corrected chi connectivity index (χ4v) is 4.56. The van der Waals surface area contributed by atoms with E-state index in [0.29, 0.717) is 36.1 Å². The minimum Gasteiger partial charge on any atom is -0.378 e. The smallest absolute Gasteiger partial charge is 0.273 e. The Bertz CT molecular complexity index is 1310. The molecule has 0 atom stereocenters. The molecule has 4 rings (SSSR count). The molecule has 3 aromatic rings. The van der Waals surface area contributed by atoms with E-state index in [1.54, 1.807) is 31.2 Å². The minimum atomic E-state index is -4.00. The number of anilines is 4. The van der Waals surface area contributed by atoms with Crippen LogP contribution in [0.25, 0.3) is 0 Å². The van der Waals surface area contributed by atoms with Gasteiger partial charge in [-0.3, -0.25) is 14.8 Å². The Balaban J connectivity index is 1.48. The highest BCUT2D eigenvalue weighted by Gasteiger charge is 2.20. The van der Waals surface area contributed by atoms with Gasteiger partial charge in [-0.2, -0.15) is 4.98 Å². The van der Waals surface area contributed by atoms with Crippen LogP contribution >= 0.6 is 0 Å². The molecular weight excluding hydrogens is 460 g/mol. The highest BCUT2D eigenvalue weighted by atomic mass is 32.2. The van der Waals surface area contributed by atoms with Crippen molar-refractivity contribution >= 4 is 38.9 Å². The number of ether oxygens (including phenoxy) is 1. The molecule has 11 nitrogen and oxygen atoms in total. The van der Waals surface area contributed by atoms with E-state index >= 15 is 0 Å². The van der Waals surface area contributed by atoms with Gasteiger partial charge in [0.15, 0.2) is 0 Å². The number of nitro benzene ring substituents is 1. The van der Waals surface area contributed by atoms with Crippen molar-refractivity contribution in [3.05, 3.63) is 69.9 Å². The van der Waals surface area contributed by atoms with Crippen LogP contribution in [0.5, 0.6) is 0 Å². The number of sulfonamides is 1. The first-order chi connectivity index (χ1) is 16.2. The number of nitrogens with one attached hydrogen (secondary N) is 2. The molecule has 0 amide bonds. The van der Waals surface area contributed by atoms with Crippen LogP contribution in [0.1, 0.15) is 11.3 Å². The van der Waals surface area contributed by atoms with E-state index in [9.17, 15) is 18.5 Å². The molecule has 2 heterocycles. The molecule has 178 valence electrons. The fourth-order valence-electron chi connectivity index (χ4n) is 3.48. The van der Waals surface area contributed by atoms with Gasteiger partial charge in [0, 0.05) is 47.9 Å². The van der Waals surface area contributed by atoms with Crippen molar-refractivity contribution in [2.75, 3.05) is 41.2 Å². The number of nitro groups is 1. The van der Waals surface area contributed by atoms with Crippen LogP contribution in [0.15, 0.2) is 53.4 Å². The van der Waals surface area contributed by atoms with E-state index in [0.717, 1.165) is 30.7 Å². The summed E-state index contributed by atoms with van der Waals surface area (Å²) in [6.45, 7) is 6.27. The molecule has 0 bridgehead atoms. The zero-order chi connectivity index (χ0) is 24.3. The summed E-state index contributed by atoms with van der Waals surface area (Å²) in [5.41, 5.74) is 1.93. The molecular formula is C22H24N6O5S. The summed E-state index contributed by atoms with van der Waals surface area (Å²) in [6.07, 6.45) is 0. The third-order valence-corrected chi connectivity index (χ3v) is 6.64. The summed E-state index contributed by atoms with van der Waals surface area (Å²) in [5, 5.41) is 14.3. The van der Waals surface area contributed by atoms with Gasteiger partial charge in [-0.05, 0) is 44.2 Å². The SMILES string of the molecule is Cc1cc(N2CCOCC2)nc(Nc2ccc(NS(=O)(=O)c3ccc(C)c([N+](=O)[O-])c3)cc2)n1. The number of morpholine rings is 1. The molecule has 34 heavy (non-hydrogen) atoms. The monoisotopic (exact) mass is 484 g/mol. The molecule has 2 aromatic carbocycles. The van der Waals surface area contributed by atoms with Crippen LogP contribution in [0.3, 0.4) is 0 Å². The lowest BCUT2D eigenvalue weighted by Gasteiger charge is -2.28. The largest absolute Gasteiger partial charge is 0.378 e. The number of benzene rings is 2. The van der Waals surface area contributed by atoms with Crippen molar-refractivity contribution in [1.82, 2.24) is 9.97 Å². The van der Waals surface area contributed by atoms with Gasteiger partial charge >= 0.3 is 0 Å². The maximum absolute atomic E-state index is 12.7. The molecule has 2 N–H and O–H groups in total. The molecule has 1 saturated heterocycles. The van der Waals surface area contributed by atoms with Crippen molar-refractivity contribution in [2.45, 2.75) is 18.7 Å². The quantitative estimate of drug-likeness (QED) is 0.381. The van der Waals surface area contributed by atoms with Gasteiger partial charge in [-0.1, -0.05) is 6.07 Å². The lowest BCUT2D eigenvalue weighted by atomic mass is 10.2. The molecule has 1 aromatic heterocycles. The average molecular weight is 485 g/mol. The van der Waals surface area contributed by atoms with Crippen LogP contribution in [0, 0.1) is 24.0 Å². The number of aromatic nitrogens is 2. The first-order valence-corrected chi connectivity index (χ1v) is 12.0. The van der Waals surface area contributed by atoms with Gasteiger partial charge in [-0.15, -0.1) is 0 Å². The van der Waals surface area contributed by atoms with Gasteiger partial charge in [0.05, 0.1) is 23.0 Å². The fraction of sp³-hybridized carbons (Fsp3) is 0.273. The molecule has 0 radical (unpaired) electrons. The zero-order valence-electron chi connectivity index (χ0n) is 18.7. The minimum absolute atomic E-state index is 0.184. The zero-order valence-corrected chi connectivity index (χ0v) is 19.5. The number of aryl methyl sites for hydroxylation is 2. The second-order valence-corrected chi connectivity index (χ2v) is 9.49. The van der Waals surface area contributed by atoms with Crippen LogP contribution in [0.4, 0.5) is 28.8 Å². The summed E-state index contributed by atoms with van der Waals surface area (Å²) in [4.78, 5) is 21.5. The number of hydrogen-bond acceptors (Lipinski definition) is 9. The first-order valence-electron chi connectivity index (χ1n) is 10.5. The lowest BCUT2D eigenvalue weighted by molar-refractivity contribution is -0.385. The molecule has 0 unspecified atom stereocenters. The van der Waals surface area contributed by atoms with Crippen molar-refractivity contribution in [1.29, 1.82) is 0 Å². The molecule has 12 heteroatoms. The molecule has 1 aliphatic rings. The molecule has 0 spiro atoms. The Morgan fingerprint density at radius 3 is 2.35 bits per heavy atom. The third kappa shape index (κ3) is 5.41. The maximum Gasteiger partial charge on any atom is 0.273 e. The molecule has 1 aliphatic heterocycles. The Morgan fingerprint density at radius 2 is 1.68 bits per heavy atom. The Hall–Kier alpha value is -3.77. The van der Waals surface area contributed by atoms with Gasteiger partial charge in [0.2, 0.25) is 5.95 Å². The van der Waals surface area contributed by atoms with Gasteiger partial charge in [-0.25, -0.2) is 13.4 Å². The van der Waals surface area contributed by atoms with Crippen LogP contribution < -0.4 is 14.9 Å². The van der Waals surface area contributed by atoms with E-state index < -0.39 is 14.9 Å². The summed E-state index contributed by atoms with van der Waals surface area (Å²) < 4.78 is 33.3. The Labute approximate surface area is 197 Å². The number of rotatable bonds is 7. The third-order valence-electron chi connectivity index (χ3n) is 5.26. The molecule has 0 saturated carbocycles.